The van der Waals surface area contributed by atoms with E-state index < -0.39 is 0 Å². The number of nitrogens with zero attached hydrogens (tertiary/aromatic N) is 1. The molecule has 0 aliphatic heterocycles. The normalized spacial score (nSPS) is 10.8. The van der Waals surface area contributed by atoms with Crippen LogP contribution in [0.2, 0.25) is 0 Å². The molecule has 1 nitrogen and oxygen atoms in total. The maximum Gasteiger partial charge on any atom is 0.0994 e. The Morgan fingerprint density at radius 2 is 0.952 bits per heavy atom. The average molecular weight is 558 g/mol. The molecular weight excluding hydrogens is 527 g/mol. The number of anilines is 2. The lowest BCUT2D eigenvalue weighted by atomic mass is 9.97. The highest BCUT2D eigenvalue weighted by molar-refractivity contribution is 7.14. The lowest BCUT2D eigenvalue weighted by molar-refractivity contribution is 1.31. The van der Waals surface area contributed by atoms with Gasteiger partial charge in [0.05, 0.1) is 5.00 Å². The van der Waals surface area contributed by atoms with Crippen molar-refractivity contribution in [3.05, 3.63) is 209 Å². The molecule has 0 unspecified atom stereocenters. The van der Waals surface area contributed by atoms with Gasteiger partial charge in [0, 0.05) is 17.5 Å². The molecule has 6 aromatic rings. The van der Waals surface area contributed by atoms with Crippen LogP contribution >= 0.6 is 11.3 Å². The van der Waals surface area contributed by atoms with Gasteiger partial charge in [-0.15, -0.1) is 11.3 Å². The lowest BCUT2D eigenvalue weighted by Gasteiger charge is -2.22. The number of thiophene rings is 1. The standard InChI is InChI=1S/C40H31NS/c1-5-16-33(17-6-1)38(34-18-7-2-8-19-34)24-13-15-32-26-28-37(29-27-32)41(40-25-14-30-42-40)31-39(35-20-9-3-10-21-35)36-22-11-4-12-23-36/h1-31H/b15-13+. The average Bonchev–Trinajstić information content (AvgIpc) is 3.61. The van der Waals surface area contributed by atoms with Gasteiger partial charge in [-0.3, -0.25) is 0 Å². The number of benzene rings is 5. The molecule has 5 aromatic carbocycles. The molecule has 0 amide bonds. The monoisotopic (exact) mass is 557 g/mol. The van der Waals surface area contributed by atoms with Crippen LogP contribution in [0.3, 0.4) is 0 Å². The summed E-state index contributed by atoms with van der Waals surface area (Å²) in [5.41, 5.74) is 9.42. The molecule has 0 atom stereocenters. The van der Waals surface area contributed by atoms with Gasteiger partial charge in [-0.25, -0.2) is 0 Å². The largest absolute Gasteiger partial charge is 0.308 e. The molecule has 1 aromatic heterocycles. The summed E-state index contributed by atoms with van der Waals surface area (Å²) in [6.07, 6.45) is 8.77. The molecule has 2 heteroatoms. The highest BCUT2D eigenvalue weighted by Crippen LogP contribution is 2.34. The predicted molar refractivity (Wildman–Crippen MR) is 182 cm³/mol. The fourth-order valence-corrected chi connectivity index (χ4v) is 5.67. The Balaban J connectivity index is 1.33. The first-order chi connectivity index (χ1) is 20.8. The molecule has 42 heavy (non-hydrogen) atoms. The summed E-state index contributed by atoms with van der Waals surface area (Å²) < 4.78 is 0. The summed E-state index contributed by atoms with van der Waals surface area (Å²) in [6.45, 7) is 0. The van der Waals surface area contributed by atoms with Crippen LogP contribution in [0.4, 0.5) is 10.7 Å². The fraction of sp³-hybridized carbons (Fsp3) is 0. The van der Waals surface area contributed by atoms with Crippen molar-refractivity contribution in [1.29, 1.82) is 0 Å². The topological polar surface area (TPSA) is 3.24 Å². The molecule has 0 radical (unpaired) electrons. The van der Waals surface area contributed by atoms with Crippen LogP contribution in [-0.2, 0) is 0 Å². The highest BCUT2D eigenvalue weighted by atomic mass is 32.1. The van der Waals surface area contributed by atoms with Crippen molar-refractivity contribution in [2.45, 2.75) is 0 Å². The van der Waals surface area contributed by atoms with E-state index in [0.29, 0.717) is 0 Å². The Hall–Kier alpha value is -5.18. The van der Waals surface area contributed by atoms with E-state index in [-0.39, 0.29) is 0 Å². The highest BCUT2D eigenvalue weighted by Gasteiger charge is 2.12. The molecule has 0 saturated heterocycles. The van der Waals surface area contributed by atoms with Crippen LogP contribution in [0.25, 0.3) is 17.2 Å². The Morgan fingerprint density at radius 1 is 0.476 bits per heavy atom. The van der Waals surface area contributed by atoms with E-state index in [1.54, 1.807) is 11.3 Å². The maximum atomic E-state index is 2.29. The van der Waals surface area contributed by atoms with E-state index in [0.717, 1.165) is 11.3 Å². The minimum atomic E-state index is 1.11. The minimum absolute atomic E-state index is 1.11. The number of hydrogen-bond donors (Lipinski definition) is 0. The third kappa shape index (κ3) is 6.58. The van der Waals surface area contributed by atoms with Gasteiger partial charge in [0.25, 0.3) is 0 Å². The molecule has 0 aliphatic carbocycles. The zero-order valence-corrected chi connectivity index (χ0v) is 24.1. The van der Waals surface area contributed by atoms with E-state index in [9.17, 15) is 0 Å². The summed E-state index contributed by atoms with van der Waals surface area (Å²) in [5.74, 6) is 0. The minimum Gasteiger partial charge on any atom is -0.308 e. The van der Waals surface area contributed by atoms with Crippen molar-refractivity contribution >= 4 is 39.2 Å². The third-order valence-electron chi connectivity index (χ3n) is 7.06. The summed E-state index contributed by atoms with van der Waals surface area (Å²) in [7, 11) is 0. The second-order valence-electron chi connectivity index (χ2n) is 9.86. The summed E-state index contributed by atoms with van der Waals surface area (Å²) in [6, 6.07) is 55.3. The molecule has 1 heterocycles. The van der Waals surface area contributed by atoms with E-state index in [1.807, 2.05) is 0 Å². The second kappa shape index (κ2) is 13.5. The number of allylic oxidation sites excluding steroid dienone is 2. The summed E-state index contributed by atoms with van der Waals surface area (Å²) in [5, 5.41) is 3.29. The summed E-state index contributed by atoms with van der Waals surface area (Å²) in [4.78, 5) is 2.29. The molecule has 202 valence electrons. The van der Waals surface area contributed by atoms with Crippen molar-refractivity contribution < 1.29 is 0 Å². The Labute approximate surface area is 252 Å². The van der Waals surface area contributed by atoms with Gasteiger partial charge < -0.3 is 4.90 Å². The van der Waals surface area contributed by atoms with Crippen molar-refractivity contribution in [2.24, 2.45) is 0 Å². The van der Waals surface area contributed by atoms with Gasteiger partial charge in [0.15, 0.2) is 0 Å². The molecular formula is C40H31NS. The Bertz CT molecular complexity index is 1680. The zero-order chi connectivity index (χ0) is 28.4. The molecule has 0 aliphatic rings. The van der Waals surface area contributed by atoms with E-state index in [4.69, 9.17) is 0 Å². The quantitative estimate of drug-likeness (QED) is 0.160. The van der Waals surface area contributed by atoms with Crippen molar-refractivity contribution in [3.63, 3.8) is 0 Å². The first-order valence-electron chi connectivity index (χ1n) is 14.1. The van der Waals surface area contributed by atoms with Gasteiger partial charge in [-0.2, -0.15) is 0 Å². The van der Waals surface area contributed by atoms with E-state index in [1.165, 1.54) is 38.4 Å². The third-order valence-corrected chi connectivity index (χ3v) is 7.93. The van der Waals surface area contributed by atoms with Crippen LogP contribution in [-0.4, -0.2) is 0 Å². The SMILES string of the molecule is C(/C=C/c1ccc(N(C=C(c2ccccc2)c2ccccc2)c2cccs2)cc1)=C(c1ccccc1)c1ccccc1. The summed E-state index contributed by atoms with van der Waals surface area (Å²) >= 11 is 1.73. The van der Waals surface area contributed by atoms with E-state index >= 15 is 0 Å². The van der Waals surface area contributed by atoms with Crippen LogP contribution < -0.4 is 4.90 Å². The van der Waals surface area contributed by atoms with E-state index in [2.05, 4.69) is 192 Å². The van der Waals surface area contributed by atoms with Crippen LogP contribution in [0.15, 0.2) is 181 Å². The smallest absolute Gasteiger partial charge is 0.0994 e. The predicted octanol–water partition coefficient (Wildman–Crippen LogP) is 11.1. The van der Waals surface area contributed by atoms with Crippen LogP contribution in [0.1, 0.15) is 27.8 Å². The van der Waals surface area contributed by atoms with Crippen LogP contribution in [0, 0.1) is 0 Å². The van der Waals surface area contributed by atoms with Crippen molar-refractivity contribution in [2.75, 3.05) is 4.90 Å². The molecule has 6 rings (SSSR count). The van der Waals surface area contributed by atoms with Gasteiger partial charge in [0.2, 0.25) is 0 Å². The number of hydrogen-bond acceptors (Lipinski definition) is 2. The number of rotatable bonds is 9. The fourth-order valence-electron chi connectivity index (χ4n) is 4.95. The molecule has 0 fully saturated rings. The molecule has 0 saturated carbocycles. The lowest BCUT2D eigenvalue weighted by Crippen LogP contribution is -2.08. The molecule has 0 spiro atoms. The molecule has 0 bridgehead atoms. The van der Waals surface area contributed by atoms with Gasteiger partial charge in [-0.05, 0) is 63.0 Å². The van der Waals surface area contributed by atoms with Gasteiger partial charge >= 0.3 is 0 Å². The maximum absolute atomic E-state index is 2.29. The van der Waals surface area contributed by atoms with Gasteiger partial charge in [0.1, 0.15) is 0 Å². The first-order valence-corrected chi connectivity index (χ1v) is 15.0. The van der Waals surface area contributed by atoms with Crippen molar-refractivity contribution in [3.8, 4) is 0 Å². The van der Waals surface area contributed by atoms with Gasteiger partial charge in [-0.1, -0.05) is 152 Å². The van der Waals surface area contributed by atoms with Crippen molar-refractivity contribution in [1.82, 2.24) is 0 Å². The second-order valence-corrected chi connectivity index (χ2v) is 10.8. The molecule has 0 N–H and O–H groups in total. The Kier molecular flexibility index (Phi) is 8.65. The first kappa shape index (κ1) is 27.0. The van der Waals surface area contributed by atoms with Crippen LogP contribution in [0.5, 0.6) is 0 Å². The zero-order valence-electron chi connectivity index (χ0n) is 23.3. The Morgan fingerprint density at radius 3 is 1.40 bits per heavy atom.